The smallest absolute Gasteiger partial charge is 0.295 e. The molecule has 1 heterocycles. The van der Waals surface area contributed by atoms with Crippen molar-refractivity contribution in [1.29, 1.82) is 0 Å². The van der Waals surface area contributed by atoms with Gasteiger partial charge in [-0.2, -0.15) is 4.99 Å². The third kappa shape index (κ3) is 1.34. The minimum atomic E-state index is -0.778. The van der Waals surface area contributed by atoms with Gasteiger partial charge in [0.25, 0.3) is 11.9 Å². The average Bonchev–Trinajstić information content (AvgIpc) is 2.08. The predicted octanol–water partition coefficient (Wildman–Crippen LogP) is 0.239. The number of ether oxygens (including phenoxy) is 1. The van der Waals surface area contributed by atoms with E-state index in [2.05, 4.69) is 4.99 Å². The molecule has 0 unspecified atom stereocenters. The van der Waals surface area contributed by atoms with Crippen LogP contribution >= 0.6 is 0 Å². The van der Waals surface area contributed by atoms with Gasteiger partial charge in [-0.1, -0.05) is 0 Å². The van der Waals surface area contributed by atoms with E-state index in [1.165, 1.54) is 0 Å². The molecule has 0 bridgehead atoms. The molecule has 0 aromatic heterocycles. The average molecular weight is 156 g/mol. The zero-order valence-electron chi connectivity index (χ0n) is 7.21. The van der Waals surface area contributed by atoms with Gasteiger partial charge >= 0.3 is 0 Å². The number of amides is 1. The molecule has 0 fully saturated rings. The molecule has 0 saturated heterocycles. The maximum absolute atomic E-state index is 11.1. The molecule has 1 aliphatic rings. The Balaban J connectivity index is 2.80. The first-order valence-electron chi connectivity index (χ1n) is 3.43. The van der Waals surface area contributed by atoms with E-state index in [0.717, 1.165) is 0 Å². The van der Waals surface area contributed by atoms with Crippen LogP contribution in [0.1, 0.15) is 13.8 Å². The van der Waals surface area contributed by atoms with E-state index in [1.54, 1.807) is 32.8 Å². The van der Waals surface area contributed by atoms with Crippen molar-refractivity contribution in [3.05, 3.63) is 0 Å². The van der Waals surface area contributed by atoms with E-state index >= 15 is 0 Å². The SMILES string of the molecule is CN(C)C1=NC(=O)C(C)(C)O1. The number of carbonyl (C=O) groups excluding carboxylic acids is 1. The first kappa shape index (κ1) is 8.04. The van der Waals surface area contributed by atoms with Crippen LogP contribution in [-0.2, 0) is 9.53 Å². The van der Waals surface area contributed by atoms with Crippen LogP contribution < -0.4 is 0 Å². The van der Waals surface area contributed by atoms with Gasteiger partial charge < -0.3 is 9.64 Å². The minimum absolute atomic E-state index is 0.221. The Morgan fingerprint density at radius 1 is 1.45 bits per heavy atom. The summed E-state index contributed by atoms with van der Waals surface area (Å²) in [5, 5.41) is 0. The predicted molar refractivity (Wildman–Crippen MR) is 41.3 cm³/mol. The standard InChI is InChI=1S/C7H12N2O2/c1-7(2)5(10)8-6(11-7)9(3)4/h1-4H3. The van der Waals surface area contributed by atoms with Crippen LogP contribution in [0.25, 0.3) is 0 Å². The Bertz CT molecular complexity index is 218. The Labute approximate surface area is 65.9 Å². The molecule has 0 aromatic carbocycles. The summed E-state index contributed by atoms with van der Waals surface area (Å²) in [7, 11) is 3.57. The Kier molecular flexibility index (Phi) is 1.62. The van der Waals surface area contributed by atoms with Gasteiger partial charge in [0, 0.05) is 14.1 Å². The molecule has 1 rings (SSSR count). The van der Waals surface area contributed by atoms with E-state index in [9.17, 15) is 4.79 Å². The zero-order valence-corrected chi connectivity index (χ0v) is 7.21. The van der Waals surface area contributed by atoms with Gasteiger partial charge in [0.15, 0.2) is 5.60 Å². The molecule has 0 atom stereocenters. The fourth-order valence-corrected chi connectivity index (χ4v) is 0.707. The van der Waals surface area contributed by atoms with E-state index in [-0.39, 0.29) is 5.91 Å². The van der Waals surface area contributed by atoms with Crippen molar-refractivity contribution in [3.63, 3.8) is 0 Å². The summed E-state index contributed by atoms with van der Waals surface area (Å²) < 4.78 is 5.25. The second-order valence-corrected chi connectivity index (χ2v) is 3.21. The third-order valence-electron chi connectivity index (χ3n) is 1.44. The largest absolute Gasteiger partial charge is 0.449 e. The molecule has 62 valence electrons. The van der Waals surface area contributed by atoms with Crippen molar-refractivity contribution in [2.75, 3.05) is 14.1 Å². The van der Waals surface area contributed by atoms with Crippen LogP contribution in [0.15, 0.2) is 4.99 Å². The van der Waals surface area contributed by atoms with E-state index < -0.39 is 5.60 Å². The van der Waals surface area contributed by atoms with Gasteiger partial charge in [-0.3, -0.25) is 4.79 Å². The van der Waals surface area contributed by atoms with Crippen LogP contribution in [0.4, 0.5) is 0 Å². The number of rotatable bonds is 0. The second kappa shape index (κ2) is 2.22. The normalized spacial score (nSPS) is 21.1. The van der Waals surface area contributed by atoms with Crippen molar-refractivity contribution in [1.82, 2.24) is 4.90 Å². The third-order valence-corrected chi connectivity index (χ3v) is 1.44. The van der Waals surface area contributed by atoms with Gasteiger partial charge in [-0.05, 0) is 13.8 Å². The molecule has 0 N–H and O–H groups in total. The lowest BCUT2D eigenvalue weighted by molar-refractivity contribution is -0.128. The van der Waals surface area contributed by atoms with Crippen molar-refractivity contribution >= 4 is 11.9 Å². The molecule has 0 aliphatic carbocycles. The second-order valence-electron chi connectivity index (χ2n) is 3.21. The molecular formula is C7H12N2O2. The summed E-state index contributed by atoms with van der Waals surface area (Å²) in [6.45, 7) is 3.41. The highest BCUT2D eigenvalue weighted by molar-refractivity contribution is 6.00. The van der Waals surface area contributed by atoms with E-state index in [1.807, 2.05) is 0 Å². The number of aliphatic imine (C=N–C) groups is 1. The highest BCUT2D eigenvalue weighted by Gasteiger charge is 2.37. The van der Waals surface area contributed by atoms with Crippen molar-refractivity contribution in [2.45, 2.75) is 19.4 Å². The van der Waals surface area contributed by atoms with Crippen molar-refractivity contribution in [3.8, 4) is 0 Å². The molecule has 1 aliphatic heterocycles. The van der Waals surface area contributed by atoms with Gasteiger partial charge in [0.2, 0.25) is 0 Å². The van der Waals surface area contributed by atoms with Crippen LogP contribution in [0.5, 0.6) is 0 Å². The topological polar surface area (TPSA) is 41.9 Å². The van der Waals surface area contributed by atoms with Gasteiger partial charge in [0.1, 0.15) is 0 Å². The highest BCUT2D eigenvalue weighted by atomic mass is 16.5. The minimum Gasteiger partial charge on any atom is -0.449 e. The monoisotopic (exact) mass is 156 g/mol. The number of carbonyl (C=O) groups is 1. The number of hydrogen-bond acceptors (Lipinski definition) is 3. The summed E-state index contributed by atoms with van der Waals surface area (Å²) in [4.78, 5) is 16.5. The first-order valence-corrected chi connectivity index (χ1v) is 3.43. The first-order chi connectivity index (χ1) is 4.93. The summed E-state index contributed by atoms with van der Waals surface area (Å²) in [6, 6.07) is 0.389. The maximum Gasteiger partial charge on any atom is 0.295 e. The molecule has 0 spiro atoms. The Hall–Kier alpha value is -1.06. The maximum atomic E-state index is 11.1. The molecule has 4 nitrogen and oxygen atoms in total. The zero-order chi connectivity index (χ0) is 8.65. The molecule has 0 radical (unpaired) electrons. The fraction of sp³-hybridized carbons (Fsp3) is 0.714. The quantitative estimate of drug-likeness (QED) is 0.504. The lowest BCUT2D eigenvalue weighted by atomic mass is 10.1. The van der Waals surface area contributed by atoms with Crippen LogP contribution in [0.3, 0.4) is 0 Å². The van der Waals surface area contributed by atoms with E-state index in [4.69, 9.17) is 4.74 Å². The summed E-state index contributed by atoms with van der Waals surface area (Å²) in [5.74, 6) is -0.221. The molecule has 11 heavy (non-hydrogen) atoms. The summed E-state index contributed by atoms with van der Waals surface area (Å²) in [6.07, 6.45) is 0. The number of nitrogens with zero attached hydrogens (tertiary/aromatic N) is 2. The lowest BCUT2D eigenvalue weighted by Gasteiger charge is -2.18. The molecule has 0 saturated carbocycles. The van der Waals surface area contributed by atoms with Crippen LogP contribution in [0.2, 0.25) is 0 Å². The fourth-order valence-electron chi connectivity index (χ4n) is 0.707. The lowest BCUT2D eigenvalue weighted by Crippen LogP contribution is -2.32. The highest BCUT2D eigenvalue weighted by Crippen LogP contribution is 2.19. The van der Waals surface area contributed by atoms with Gasteiger partial charge in [-0.25, -0.2) is 0 Å². The molecular weight excluding hydrogens is 144 g/mol. The molecule has 4 heteroatoms. The van der Waals surface area contributed by atoms with Crippen molar-refractivity contribution in [2.24, 2.45) is 4.99 Å². The number of hydrogen-bond donors (Lipinski definition) is 0. The molecule has 1 amide bonds. The Morgan fingerprint density at radius 2 is 2.00 bits per heavy atom. The summed E-state index contributed by atoms with van der Waals surface area (Å²) >= 11 is 0. The van der Waals surface area contributed by atoms with Gasteiger partial charge in [0.05, 0.1) is 0 Å². The number of amidine groups is 1. The molecule has 0 aromatic rings. The Morgan fingerprint density at radius 3 is 2.18 bits per heavy atom. The van der Waals surface area contributed by atoms with Gasteiger partial charge in [-0.15, -0.1) is 0 Å². The summed E-state index contributed by atoms with van der Waals surface area (Å²) in [5.41, 5.74) is -0.778. The van der Waals surface area contributed by atoms with Crippen LogP contribution in [0, 0.1) is 0 Å². The van der Waals surface area contributed by atoms with E-state index in [0.29, 0.717) is 6.02 Å². The van der Waals surface area contributed by atoms with Crippen molar-refractivity contribution < 1.29 is 9.53 Å². The van der Waals surface area contributed by atoms with Crippen LogP contribution in [-0.4, -0.2) is 36.5 Å².